The summed E-state index contributed by atoms with van der Waals surface area (Å²) in [5.41, 5.74) is 0.457. The number of rotatable bonds is 4. The molecular weight excluding hydrogens is 228 g/mol. The van der Waals surface area contributed by atoms with Gasteiger partial charge >= 0.3 is 0 Å². The molecule has 0 bridgehead atoms. The van der Waals surface area contributed by atoms with Gasteiger partial charge in [0, 0.05) is 25.8 Å². The summed E-state index contributed by atoms with van der Waals surface area (Å²) in [6, 6.07) is 1.67. The summed E-state index contributed by atoms with van der Waals surface area (Å²) in [5.74, 6) is 0.566. The zero-order valence-electron chi connectivity index (χ0n) is 10.9. The smallest absolute Gasteiger partial charge is 0.270 e. The topological polar surface area (TPSA) is 58.1 Å². The van der Waals surface area contributed by atoms with Gasteiger partial charge in [-0.2, -0.15) is 0 Å². The van der Waals surface area contributed by atoms with Crippen LogP contribution in [0.2, 0.25) is 0 Å². The third-order valence-electron chi connectivity index (χ3n) is 3.05. The van der Waals surface area contributed by atoms with Gasteiger partial charge in [-0.1, -0.05) is 6.92 Å². The third kappa shape index (κ3) is 3.18. The number of hydrogen-bond donors (Lipinski definition) is 1. The molecule has 2 heterocycles. The molecule has 2 rings (SSSR count). The van der Waals surface area contributed by atoms with Gasteiger partial charge in [0.1, 0.15) is 5.69 Å². The van der Waals surface area contributed by atoms with Crippen LogP contribution in [0, 0.1) is 0 Å². The fraction of sp³-hybridized carbons (Fsp3) is 0.615. The highest BCUT2D eigenvalue weighted by Crippen LogP contribution is 2.15. The predicted octanol–water partition coefficient (Wildman–Crippen LogP) is 1.61. The van der Waals surface area contributed by atoms with Crippen molar-refractivity contribution in [3.63, 3.8) is 0 Å². The van der Waals surface area contributed by atoms with Gasteiger partial charge in [-0.05, 0) is 31.7 Å². The maximum absolute atomic E-state index is 11.8. The largest absolute Gasteiger partial charge is 0.351 e. The predicted molar refractivity (Wildman–Crippen MR) is 70.7 cm³/mol. The van der Waals surface area contributed by atoms with E-state index in [4.69, 9.17) is 0 Å². The Morgan fingerprint density at radius 3 is 2.89 bits per heavy atom. The highest BCUT2D eigenvalue weighted by molar-refractivity contribution is 5.92. The molecule has 1 aromatic rings. The summed E-state index contributed by atoms with van der Waals surface area (Å²) in [7, 11) is 0. The Bertz CT molecular complexity index is 402. The van der Waals surface area contributed by atoms with Gasteiger partial charge < -0.3 is 10.2 Å². The number of hydrogen-bond acceptors (Lipinski definition) is 4. The fourth-order valence-corrected chi connectivity index (χ4v) is 2.05. The summed E-state index contributed by atoms with van der Waals surface area (Å²) in [4.78, 5) is 22.6. The van der Waals surface area contributed by atoms with Gasteiger partial charge in [-0.15, -0.1) is 0 Å². The van der Waals surface area contributed by atoms with Crippen molar-refractivity contribution in [2.45, 2.75) is 32.6 Å². The molecule has 1 aromatic heterocycles. The van der Waals surface area contributed by atoms with Gasteiger partial charge in [-0.3, -0.25) is 4.79 Å². The zero-order valence-corrected chi connectivity index (χ0v) is 10.9. The Hall–Kier alpha value is -1.65. The van der Waals surface area contributed by atoms with Crippen molar-refractivity contribution < 1.29 is 4.79 Å². The van der Waals surface area contributed by atoms with Gasteiger partial charge in [0.25, 0.3) is 5.91 Å². The van der Waals surface area contributed by atoms with E-state index in [0.29, 0.717) is 18.2 Å². The summed E-state index contributed by atoms with van der Waals surface area (Å²) in [6.45, 7) is 4.68. The van der Waals surface area contributed by atoms with E-state index in [1.807, 2.05) is 6.92 Å². The summed E-state index contributed by atoms with van der Waals surface area (Å²) in [5, 5.41) is 2.83. The Morgan fingerprint density at radius 2 is 2.17 bits per heavy atom. The molecule has 0 spiro atoms. The van der Waals surface area contributed by atoms with E-state index in [-0.39, 0.29) is 5.91 Å². The summed E-state index contributed by atoms with van der Waals surface area (Å²) < 4.78 is 0. The molecule has 1 fully saturated rings. The number of aromatic nitrogens is 2. The lowest BCUT2D eigenvalue weighted by atomic mass is 10.1. The van der Waals surface area contributed by atoms with Crippen LogP contribution in [-0.4, -0.2) is 35.5 Å². The van der Waals surface area contributed by atoms with Crippen LogP contribution in [0.4, 0.5) is 5.95 Å². The van der Waals surface area contributed by atoms with Gasteiger partial charge in [-0.25, -0.2) is 9.97 Å². The highest BCUT2D eigenvalue weighted by Gasteiger charge is 2.15. The number of carbonyl (C=O) groups is 1. The quantitative estimate of drug-likeness (QED) is 0.879. The van der Waals surface area contributed by atoms with Crippen molar-refractivity contribution in [3.05, 3.63) is 18.0 Å². The lowest BCUT2D eigenvalue weighted by molar-refractivity contribution is 0.0948. The highest BCUT2D eigenvalue weighted by atomic mass is 16.1. The number of anilines is 1. The molecule has 5 nitrogen and oxygen atoms in total. The van der Waals surface area contributed by atoms with E-state index in [1.165, 1.54) is 19.3 Å². The maximum atomic E-state index is 11.8. The van der Waals surface area contributed by atoms with Gasteiger partial charge in [0.15, 0.2) is 0 Å². The van der Waals surface area contributed by atoms with Crippen LogP contribution in [0.3, 0.4) is 0 Å². The Balaban J connectivity index is 2.06. The van der Waals surface area contributed by atoms with Crippen LogP contribution in [0.1, 0.15) is 43.1 Å². The van der Waals surface area contributed by atoms with Crippen molar-refractivity contribution >= 4 is 11.9 Å². The normalized spacial score (nSPS) is 15.5. The molecule has 0 radical (unpaired) electrons. The molecule has 1 aliphatic heterocycles. The molecule has 98 valence electrons. The van der Waals surface area contributed by atoms with Gasteiger partial charge in [0.2, 0.25) is 5.95 Å². The van der Waals surface area contributed by atoms with E-state index >= 15 is 0 Å². The minimum atomic E-state index is -0.113. The second kappa shape index (κ2) is 6.33. The van der Waals surface area contributed by atoms with Crippen LogP contribution >= 0.6 is 0 Å². The molecule has 1 amide bonds. The molecule has 1 saturated heterocycles. The zero-order chi connectivity index (χ0) is 12.8. The van der Waals surface area contributed by atoms with E-state index in [0.717, 1.165) is 19.5 Å². The van der Waals surface area contributed by atoms with Crippen LogP contribution in [-0.2, 0) is 0 Å². The first-order valence-corrected chi connectivity index (χ1v) is 6.67. The SMILES string of the molecule is CCCNC(=O)c1ccnc(N2CCCCC2)n1. The number of carbonyl (C=O) groups excluding carboxylic acids is 1. The first kappa shape index (κ1) is 12.8. The van der Waals surface area contributed by atoms with Crippen molar-refractivity contribution in [3.8, 4) is 0 Å². The minimum absolute atomic E-state index is 0.113. The maximum Gasteiger partial charge on any atom is 0.270 e. The molecule has 1 N–H and O–H groups in total. The van der Waals surface area contributed by atoms with Crippen LogP contribution in [0.5, 0.6) is 0 Å². The average Bonchev–Trinajstić information content (AvgIpc) is 2.46. The monoisotopic (exact) mass is 248 g/mol. The second-order valence-electron chi connectivity index (χ2n) is 4.55. The van der Waals surface area contributed by atoms with E-state index < -0.39 is 0 Å². The summed E-state index contributed by atoms with van der Waals surface area (Å²) in [6.07, 6.45) is 6.21. The lowest BCUT2D eigenvalue weighted by Crippen LogP contribution is -2.32. The van der Waals surface area contributed by atoms with Crippen molar-refractivity contribution in [2.24, 2.45) is 0 Å². The summed E-state index contributed by atoms with van der Waals surface area (Å²) >= 11 is 0. The van der Waals surface area contributed by atoms with Crippen molar-refractivity contribution in [1.29, 1.82) is 0 Å². The fourth-order valence-electron chi connectivity index (χ4n) is 2.05. The van der Waals surface area contributed by atoms with Crippen molar-refractivity contribution in [2.75, 3.05) is 24.5 Å². The Kier molecular flexibility index (Phi) is 4.50. The first-order valence-electron chi connectivity index (χ1n) is 6.67. The van der Waals surface area contributed by atoms with E-state index in [9.17, 15) is 4.79 Å². The van der Waals surface area contributed by atoms with Crippen LogP contribution in [0.25, 0.3) is 0 Å². The molecule has 0 aromatic carbocycles. The number of piperidine rings is 1. The molecule has 18 heavy (non-hydrogen) atoms. The van der Waals surface area contributed by atoms with E-state index in [2.05, 4.69) is 20.2 Å². The molecule has 0 saturated carbocycles. The van der Waals surface area contributed by atoms with Crippen LogP contribution < -0.4 is 10.2 Å². The molecule has 0 atom stereocenters. The Labute approximate surface area is 108 Å². The van der Waals surface area contributed by atoms with E-state index in [1.54, 1.807) is 12.3 Å². The second-order valence-corrected chi connectivity index (χ2v) is 4.55. The molecule has 0 unspecified atom stereocenters. The molecular formula is C13H20N4O. The lowest BCUT2D eigenvalue weighted by Gasteiger charge is -2.26. The minimum Gasteiger partial charge on any atom is -0.351 e. The number of nitrogens with zero attached hydrogens (tertiary/aromatic N) is 3. The first-order chi connectivity index (χ1) is 8.81. The average molecular weight is 248 g/mol. The Morgan fingerprint density at radius 1 is 1.39 bits per heavy atom. The molecule has 5 heteroatoms. The number of amides is 1. The standard InChI is InChI=1S/C13H20N4O/c1-2-7-14-12(18)11-6-8-15-13(16-11)17-9-4-3-5-10-17/h6,8H,2-5,7,9-10H2,1H3,(H,14,18). The number of nitrogens with one attached hydrogen (secondary N) is 1. The molecule has 0 aliphatic carbocycles. The third-order valence-corrected chi connectivity index (χ3v) is 3.05. The van der Waals surface area contributed by atoms with Crippen LogP contribution in [0.15, 0.2) is 12.3 Å². The van der Waals surface area contributed by atoms with Crippen molar-refractivity contribution in [1.82, 2.24) is 15.3 Å². The van der Waals surface area contributed by atoms with Gasteiger partial charge in [0.05, 0.1) is 0 Å². The molecule has 1 aliphatic rings.